The highest BCUT2D eigenvalue weighted by atomic mass is 32.2. The van der Waals surface area contributed by atoms with Crippen LogP contribution in [0.3, 0.4) is 0 Å². The van der Waals surface area contributed by atoms with Gasteiger partial charge in [-0.25, -0.2) is 17.5 Å². The third-order valence-corrected chi connectivity index (χ3v) is 5.37. The average Bonchev–Trinajstić information content (AvgIpc) is 2.60. The first kappa shape index (κ1) is 19.1. The van der Waals surface area contributed by atoms with Gasteiger partial charge in [-0.3, -0.25) is 4.79 Å². The van der Waals surface area contributed by atoms with Crippen LogP contribution in [-0.4, -0.2) is 20.4 Å². The average molecular weight is 364 g/mol. The lowest BCUT2D eigenvalue weighted by Crippen LogP contribution is -2.32. The van der Waals surface area contributed by atoms with Gasteiger partial charge in [0, 0.05) is 18.2 Å². The van der Waals surface area contributed by atoms with Gasteiger partial charge in [-0.1, -0.05) is 19.1 Å². The summed E-state index contributed by atoms with van der Waals surface area (Å²) in [5.41, 5.74) is 1.12. The molecule has 2 aromatic carbocycles. The van der Waals surface area contributed by atoms with Crippen LogP contribution in [0.25, 0.3) is 0 Å². The predicted octanol–water partition coefficient (Wildman–Crippen LogP) is 2.83. The molecule has 0 radical (unpaired) electrons. The first-order chi connectivity index (χ1) is 11.8. The van der Waals surface area contributed by atoms with Crippen molar-refractivity contribution in [3.8, 4) is 0 Å². The van der Waals surface area contributed by atoms with Crippen molar-refractivity contribution in [1.29, 1.82) is 0 Å². The third-order valence-electron chi connectivity index (χ3n) is 3.76. The van der Waals surface area contributed by atoms with Gasteiger partial charge in [-0.05, 0) is 55.3 Å². The van der Waals surface area contributed by atoms with Gasteiger partial charge in [0.1, 0.15) is 5.82 Å². The van der Waals surface area contributed by atoms with E-state index >= 15 is 0 Å². The fourth-order valence-corrected chi connectivity index (χ4v) is 3.42. The molecule has 0 unspecified atom stereocenters. The zero-order valence-electron chi connectivity index (χ0n) is 14.1. The van der Waals surface area contributed by atoms with E-state index in [0.717, 1.165) is 5.56 Å². The Balaban J connectivity index is 2.01. The number of benzene rings is 2. The number of carbonyl (C=O) groups excluding carboxylic acids is 1. The second kappa shape index (κ2) is 8.22. The molecule has 5 nitrogen and oxygen atoms in total. The van der Waals surface area contributed by atoms with E-state index in [2.05, 4.69) is 10.0 Å². The highest BCUT2D eigenvalue weighted by molar-refractivity contribution is 7.89. The van der Waals surface area contributed by atoms with Gasteiger partial charge >= 0.3 is 0 Å². The summed E-state index contributed by atoms with van der Waals surface area (Å²) in [4.78, 5) is 12.2. The normalized spacial score (nSPS) is 12.6. The van der Waals surface area contributed by atoms with E-state index in [1.165, 1.54) is 36.4 Å². The van der Waals surface area contributed by atoms with Crippen LogP contribution in [0.4, 0.5) is 4.39 Å². The van der Waals surface area contributed by atoms with Crippen LogP contribution in [0.1, 0.15) is 36.2 Å². The number of nitrogens with one attached hydrogen (secondary N) is 2. The fourth-order valence-electron chi connectivity index (χ4n) is 2.09. The molecule has 1 amide bonds. The topological polar surface area (TPSA) is 75.3 Å². The van der Waals surface area contributed by atoms with Gasteiger partial charge in [0.05, 0.1) is 4.90 Å². The van der Waals surface area contributed by atoms with E-state index in [4.69, 9.17) is 0 Å². The SMILES string of the molecule is CC[C@H](C)NS(=O)(=O)c1ccc(C(=O)NCc2ccc(F)cc2)cc1. The molecule has 0 saturated heterocycles. The maximum absolute atomic E-state index is 12.8. The van der Waals surface area contributed by atoms with Crippen LogP contribution < -0.4 is 10.0 Å². The molecule has 2 rings (SSSR count). The lowest BCUT2D eigenvalue weighted by molar-refractivity contribution is 0.0951. The molecule has 2 N–H and O–H groups in total. The molecule has 0 fully saturated rings. The number of rotatable bonds is 7. The molecular weight excluding hydrogens is 343 g/mol. The molecule has 7 heteroatoms. The first-order valence-corrected chi connectivity index (χ1v) is 9.45. The Labute approximate surface area is 147 Å². The van der Waals surface area contributed by atoms with Crippen LogP contribution in [0.2, 0.25) is 0 Å². The molecule has 0 aromatic heterocycles. The highest BCUT2D eigenvalue weighted by Gasteiger charge is 2.17. The van der Waals surface area contributed by atoms with Gasteiger partial charge in [-0.15, -0.1) is 0 Å². The summed E-state index contributed by atoms with van der Waals surface area (Å²) in [6.45, 7) is 3.94. The molecule has 0 saturated carbocycles. The van der Waals surface area contributed by atoms with Crippen LogP contribution >= 0.6 is 0 Å². The summed E-state index contributed by atoms with van der Waals surface area (Å²) in [6.07, 6.45) is 0.684. The number of hydrogen-bond acceptors (Lipinski definition) is 3. The van der Waals surface area contributed by atoms with Crippen molar-refractivity contribution in [2.45, 2.75) is 37.8 Å². The highest BCUT2D eigenvalue weighted by Crippen LogP contribution is 2.12. The molecule has 0 aliphatic carbocycles. The van der Waals surface area contributed by atoms with Crippen molar-refractivity contribution in [3.05, 3.63) is 65.5 Å². The first-order valence-electron chi connectivity index (χ1n) is 7.97. The van der Waals surface area contributed by atoms with Crippen LogP contribution in [-0.2, 0) is 16.6 Å². The lowest BCUT2D eigenvalue weighted by atomic mass is 10.2. The molecule has 1 atom stereocenters. The molecule has 0 aliphatic rings. The van der Waals surface area contributed by atoms with Gasteiger partial charge < -0.3 is 5.32 Å². The number of sulfonamides is 1. The van der Waals surface area contributed by atoms with Crippen LogP contribution in [0, 0.1) is 5.82 Å². The number of hydrogen-bond donors (Lipinski definition) is 2. The Hall–Kier alpha value is -2.25. The zero-order chi connectivity index (χ0) is 18.4. The number of carbonyl (C=O) groups is 1. The van der Waals surface area contributed by atoms with Gasteiger partial charge in [0.25, 0.3) is 5.91 Å². The van der Waals surface area contributed by atoms with Crippen LogP contribution in [0.5, 0.6) is 0 Å². The van der Waals surface area contributed by atoms with E-state index in [0.29, 0.717) is 12.0 Å². The molecule has 25 heavy (non-hydrogen) atoms. The quantitative estimate of drug-likeness (QED) is 0.793. The minimum absolute atomic E-state index is 0.114. The Bertz CT molecular complexity index is 818. The van der Waals surface area contributed by atoms with Gasteiger partial charge in [0.15, 0.2) is 0 Å². The van der Waals surface area contributed by atoms with E-state index in [1.54, 1.807) is 19.1 Å². The van der Waals surface area contributed by atoms with E-state index in [9.17, 15) is 17.6 Å². The number of amides is 1. The minimum atomic E-state index is -3.59. The Morgan fingerprint density at radius 2 is 1.68 bits per heavy atom. The van der Waals surface area contributed by atoms with Crippen LogP contribution in [0.15, 0.2) is 53.4 Å². The van der Waals surface area contributed by atoms with Crippen molar-refractivity contribution < 1.29 is 17.6 Å². The molecule has 0 spiro atoms. The maximum atomic E-state index is 12.8. The lowest BCUT2D eigenvalue weighted by Gasteiger charge is -2.12. The smallest absolute Gasteiger partial charge is 0.251 e. The third kappa shape index (κ3) is 5.37. The van der Waals surface area contributed by atoms with E-state index < -0.39 is 10.0 Å². The van der Waals surface area contributed by atoms with Crippen molar-refractivity contribution >= 4 is 15.9 Å². The zero-order valence-corrected chi connectivity index (χ0v) is 14.9. The summed E-state index contributed by atoms with van der Waals surface area (Å²) < 4.78 is 39.8. The Morgan fingerprint density at radius 3 is 2.24 bits per heavy atom. The van der Waals surface area contributed by atoms with Crippen molar-refractivity contribution in [2.24, 2.45) is 0 Å². The van der Waals surface area contributed by atoms with Crippen molar-refractivity contribution in [3.63, 3.8) is 0 Å². The maximum Gasteiger partial charge on any atom is 0.251 e. The summed E-state index contributed by atoms with van der Waals surface area (Å²) >= 11 is 0. The van der Waals surface area contributed by atoms with Crippen molar-refractivity contribution in [2.75, 3.05) is 0 Å². The fraction of sp³-hybridized carbons (Fsp3) is 0.278. The second-order valence-electron chi connectivity index (χ2n) is 5.76. The Morgan fingerprint density at radius 1 is 1.08 bits per heavy atom. The van der Waals surface area contributed by atoms with Crippen molar-refractivity contribution in [1.82, 2.24) is 10.0 Å². The second-order valence-corrected chi connectivity index (χ2v) is 7.48. The largest absolute Gasteiger partial charge is 0.348 e. The molecule has 0 bridgehead atoms. The minimum Gasteiger partial charge on any atom is -0.348 e. The molecule has 134 valence electrons. The summed E-state index contributed by atoms with van der Waals surface area (Å²) in [7, 11) is -3.59. The molecular formula is C18H21FN2O3S. The standard InChI is InChI=1S/C18H21FN2O3S/c1-3-13(2)21-25(23,24)17-10-6-15(7-11-17)18(22)20-12-14-4-8-16(19)9-5-14/h4-11,13,21H,3,12H2,1-2H3,(H,20,22)/t13-/m0/s1. The summed E-state index contributed by atoms with van der Waals surface area (Å²) in [6, 6.07) is 11.4. The van der Waals surface area contributed by atoms with Gasteiger partial charge in [0.2, 0.25) is 10.0 Å². The summed E-state index contributed by atoms with van der Waals surface area (Å²) in [5, 5.41) is 2.71. The number of halogens is 1. The van der Waals surface area contributed by atoms with Gasteiger partial charge in [-0.2, -0.15) is 0 Å². The summed E-state index contributed by atoms with van der Waals surface area (Å²) in [5.74, 6) is -0.666. The predicted molar refractivity (Wildman–Crippen MR) is 94.1 cm³/mol. The molecule has 0 heterocycles. The molecule has 0 aliphatic heterocycles. The van der Waals surface area contributed by atoms with E-state index in [-0.39, 0.29) is 29.2 Å². The molecule has 2 aromatic rings. The Kier molecular flexibility index (Phi) is 6.27. The monoisotopic (exact) mass is 364 g/mol. The van der Waals surface area contributed by atoms with E-state index in [1.807, 2.05) is 6.92 Å².